The molecule has 1 unspecified atom stereocenters. The smallest absolute Gasteiger partial charge is 0.508 e. The fraction of sp³-hybridized carbons (Fsp3) is 1.00. The molecule has 1 atom stereocenters. The van der Waals surface area contributed by atoms with Crippen molar-refractivity contribution in [3.63, 3.8) is 0 Å². The summed E-state index contributed by atoms with van der Waals surface area (Å²) in [5.41, 5.74) is 0.296. The Morgan fingerprint density at radius 2 is 0.967 bits per heavy atom. The topological polar surface area (TPSA) is 27.7 Å². The summed E-state index contributed by atoms with van der Waals surface area (Å²) in [6.07, 6.45) is 19.8. The van der Waals surface area contributed by atoms with E-state index in [9.17, 15) is 0 Å². The SMILES string of the molecule is CCCCCCCCCCCCCCCC[N+](C)(C)CC(C)[Si](OC)(OC)OC.[Cl-]. The predicted molar refractivity (Wildman–Crippen MR) is 128 cm³/mol. The zero-order valence-corrected chi connectivity index (χ0v) is 23.2. The van der Waals surface area contributed by atoms with Gasteiger partial charge in [0.25, 0.3) is 0 Å². The highest BCUT2D eigenvalue weighted by Crippen LogP contribution is 2.26. The number of rotatable bonds is 21. The molecule has 0 aliphatic heterocycles. The van der Waals surface area contributed by atoms with Gasteiger partial charge in [-0.3, -0.25) is 0 Å². The molecular weight excluding hydrogens is 414 g/mol. The third-order valence-electron chi connectivity index (χ3n) is 6.34. The highest BCUT2D eigenvalue weighted by atomic mass is 35.5. The number of quaternary nitrogens is 1. The Labute approximate surface area is 196 Å². The van der Waals surface area contributed by atoms with Crippen molar-refractivity contribution in [3.05, 3.63) is 0 Å². The molecule has 0 saturated heterocycles. The van der Waals surface area contributed by atoms with Crippen molar-refractivity contribution in [3.8, 4) is 0 Å². The monoisotopic (exact) mass is 467 g/mol. The van der Waals surface area contributed by atoms with E-state index in [1.807, 2.05) is 0 Å². The van der Waals surface area contributed by atoms with E-state index in [0.717, 1.165) is 11.0 Å². The van der Waals surface area contributed by atoms with Crippen LogP contribution in [0.5, 0.6) is 0 Å². The van der Waals surface area contributed by atoms with Crippen LogP contribution in [0.1, 0.15) is 104 Å². The van der Waals surface area contributed by atoms with Gasteiger partial charge >= 0.3 is 8.80 Å². The van der Waals surface area contributed by atoms with E-state index in [4.69, 9.17) is 13.3 Å². The Morgan fingerprint density at radius 1 is 0.633 bits per heavy atom. The maximum Gasteiger partial charge on any atom is 0.508 e. The lowest BCUT2D eigenvalue weighted by atomic mass is 10.0. The summed E-state index contributed by atoms with van der Waals surface area (Å²) in [4.78, 5) is 0. The van der Waals surface area contributed by atoms with Crippen molar-refractivity contribution >= 4 is 8.80 Å². The summed E-state index contributed by atoms with van der Waals surface area (Å²) in [5, 5.41) is 0. The second kappa shape index (κ2) is 20.0. The van der Waals surface area contributed by atoms with E-state index in [2.05, 4.69) is 27.9 Å². The lowest BCUT2D eigenvalue weighted by molar-refractivity contribution is -0.890. The molecule has 6 heteroatoms. The molecule has 0 aliphatic rings. The van der Waals surface area contributed by atoms with Gasteiger partial charge in [-0.1, -0.05) is 90.9 Å². The second-order valence-corrected chi connectivity index (χ2v) is 13.0. The number of hydrogen-bond donors (Lipinski definition) is 0. The zero-order chi connectivity index (χ0) is 22.0. The average molecular weight is 468 g/mol. The van der Waals surface area contributed by atoms with Gasteiger partial charge in [-0.2, -0.15) is 0 Å². The Kier molecular flexibility index (Phi) is 21.7. The second-order valence-electron chi connectivity index (χ2n) is 9.56. The van der Waals surface area contributed by atoms with Crippen LogP contribution in [0.3, 0.4) is 0 Å². The minimum Gasteiger partial charge on any atom is -1.00 e. The Morgan fingerprint density at radius 3 is 1.30 bits per heavy atom. The van der Waals surface area contributed by atoms with E-state index in [1.165, 1.54) is 96.4 Å². The normalized spacial score (nSPS) is 13.3. The Hall–Kier alpha value is 0.347. The quantitative estimate of drug-likeness (QED) is 0.146. The van der Waals surface area contributed by atoms with Gasteiger partial charge in [0.05, 0.1) is 32.7 Å². The summed E-state index contributed by atoms with van der Waals surface area (Å²) in [6.45, 7) is 6.73. The average Bonchev–Trinajstić information content (AvgIpc) is 2.69. The third-order valence-corrected chi connectivity index (χ3v) is 9.44. The highest BCUT2D eigenvalue weighted by molar-refractivity contribution is 6.62. The molecular formula is C24H54ClNO3Si. The molecule has 0 amide bonds. The van der Waals surface area contributed by atoms with Gasteiger partial charge in [0.1, 0.15) is 0 Å². The first kappa shape index (κ1) is 32.5. The van der Waals surface area contributed by atoms with E-state index < -0.39 is 8.80 Å². The van der Waals surface area contributed by atoms with Gasteiger partial charge < -0.3 is 30.2 Å². The van der Waals surface area contributed by atoms with Gasteiger partial charge in [0.2, 0.25) is 0 Å². The molecule has 30 heavy (non-hydrogen) atoms. The highest BCUT2D eigenvalue weighted by Gasteiger charge is 2.47. The number of unbranched alkanes of at least 4 members (excludes halogenated alkanes) is 13. The third kappa shape index (κ3) is 15.2. The first-order chi connectivity index (χ1) is 13.9. The van der Waals surface area contributed by atoms with Crippen molar-refractivity contribution in [2.45, 2.75) is 109 Å². The van der Waals surface area contributed by atoms with E-state index in [0.29, 0.717) is 5.54 Å². The molecule has 0 aromatic rings. The molecule has 0 radical (unpaired) electrons. The lowest BCUT2D eigenvalue weighted by Gasteiger charge is -2.37. The van der Waals surface area contributed by atoms with Crippen LogP contribution in [0.4, 0.5) is 0 Å². The molecule has 0 spiro atoms. The van der Waals surface area contributed by atoms with Crippen LogP contribution in [-0.4, -0.2) is 61.8 Å². The van der Waals surface area contributed by atoms with Crippen molar-refractivity contribution in [2.75, 3.05) is 48.5 Å². The molecule has 0 saturated carbocycles. The number of halogens is 1. The number of hydrogen-bond acceptors (Lipinski definition) is 3. The molecule has 0 aliphatic carbocycles. The van der Waals surface area contributed by atoms with Gasteiger partial charge in [-0.25, -0.2) is 0 Å². The van der Waals surface area contributed by atoms with E-state index in [1.54, 1.807) is 21.3 Å². The standard InChI is InChI=1S/C24H54NO3Si.ClH/c1-8-9-10-11-12-13-14-15-16-17-18-19-20-21-22-25(3,4)23-24(2)29(26-5,27-6)28-7;/h24H,8-23H2,1-7H3;1H/q+1;/p-1. The van der Waals surface area contributed by atoms with Crippen LogP contribution in [0, 0.1) is 0 Å². The summed E-state index contributed by atoms with van der Waals surface area (Å²) in [7, 11) is 7.24. The van der Waals surface area contributed by atoms with Crippen LogP contribution in [-0.2, 0) is 13.3 Å². The summed E-state index contributed by atoms with van der Waals surface area (Å²) < 4.78 is 18.0. The van der Waals surface area contributed by atoms with Gasteiger partial charge in [0.15, 0.2) is 0 Å². The van der Waals surface area contributed by atoms with Crippen LogP contribution >= 0.6 is 0 Å². The summed E-state index contributed by atoms with van der Waals surface area (Å²) in [6, 6.07) is 0. The molecule has 0 bridgehead atoms. The van der Waals surface area contributed by atoms with E-state index >= 15 is 0 Å². The van der Waals surface area contributed by atoms with Crippen LogP contribution in [0.25, 0.3) is 0 Å². The fourth-order valence-electron chi connectivity index (χ4n) is 4.53. The van der Waals surface area contributed by atoms with E-state index in [-0.39, 0.29) is 12.4 Å². The number of nitrogens with zero attached hydrogens (tertiary/aromatic N) is 1. The molecule has 0 aromatic heterocycles. The summed E-state index contributed by atoms with van der Waals surface area (Å²) in [5.74, 6) is 0. The molecule has 0 fully saturated rings. The van der Waals surface area contributed by atoms with Crippen molar-refractivity contribution in [1.29, 1.82) is 0 Å². The molecule has 0 rings (SSSR count). The van der Waals surface area contributed by atoms with Crippen molar-refractivity contribution in [2.24, 2.45) is 0 Å². The first-order valence-corrected chi connectivity index (χ1v) is 14.1. The maximum absolute atomic E-state index is 5.66. The largest absolute Gasteiger partial charge is 1.00 e. The predicted octanol–water partition coefficient (Wildman–Crippen LogP) is 3.82. The van der Waals surface area contributed by atoms with Crippen molar-refractivity contribution < 1.29 is 30.2 Å². The minimum absolute atomic E-state index is 0. The first-order valence-electron chi connectivity index (χ1n) is 12.3. The molecule has 0 aromatic carbocycles. The Bertz CT molecular complexity index is 360. The van der Waals surface area contributed by atoms with Gasteiger partial charge in [-0.15, -0.1) is 0 Å². The molecule has 184 valence electrons. The van der Waals surface area contributed by atoms with Crippen LogP contribution in [0.2, 0.25) is 5.54 Å². The Balaban J connectivity index is 0. The van der Waals surface area contributed by atoms with Gasteiger partial charge in [0, 0.05) is 21.3 Å². The lowest BCUT2D eigenvalue weighted by Crippen LogP contribution is -3.00. The van der Waals surface area contributed by atoms with Crippen LogP contribution in [0.15, 0.2) is 0 Å². The van der Waals surface area contributed by atoms with Gasteiger partial charge in [-0.05, 0) is 12.8 Å². The van der Waals surface area contributed by atoms with Crippen LogP contribution < -0.4 is 12.4 Å². The summed E-state index contributed by atoms with van der Waals surface area (Å²) >= 11 is 0. The molecule has 0 N–H and O–H groups in total. The molecule has 0 heterocycles. The fourth-order valence-corrected chi connectivity index (χ4v) is 6.96. The zero-order valence-electron chi connectivity index (χ0n) is 21.4. The molecule has 4 nitrogen and oxygen atoms in total. The minimum atomic E-state index is -2.53. The van der Waals surface area contributed by atoms with Crippen molar-refractivity contribution in [1.82, 2.24) is 0 Å². The maximum atomic E-state index is 5.66.